The fraction of sp³-hybridized carbons (Fsp3) is 0.857. The summed E-state index contributed by atoms with van der Waals surface area (Å²) in [7, 11) is 0. The topological polar surface area (TPSA) is 78.9 Å². The molecule has 0 bridgehead atoms. The van der Waals surface area contributed by atoms with Gasteiger partial charge in [0.25, 0.3) is 0 Å². The molecule has 1 unspecified atom stereocenters. The zero-order valence-corrected chi connectivity index (χ0v) is 12.4. The predicted octanol–water partition coefficient (Wildman–Crippen LogP) is 0.714. The number of hydrogen-bond donors (Lipinski definition) is 2. The highest BCUT2D eigenvalue weighted by atomic mass is 16.5. The first kappa shape index (κ1) is 16.9. The first-order chi connectivity index (χ1) is 9.50. The minimum Gasteiger partial charge on any atom is -0.480 e. The first-order valence-corrected chi connectivity index (χ1v) is 7.32. The molecule has 0 saturated carbocycles. The maximum Gasteiger partial charge on any atom is 0.320 e. The molecule has 6 heteroatoms. The van der Waals surface area contributed by atoms with Crippen LogP contribution in [0.2, 0.25) is 0 Å². The quantitative estimate of drug-likeness (QED) is 0.610. The van der Waals surface area contributed by atoms with Crippen molar-refractivity contribution >= 4 is 11.9 Å². The molecule has 0 aliphatic carbocycles. The molecule has 20 heavy (non-hydrogen) atoms. The fourth-order valence-electron chi connectivity index (χ4n) is 2.22. The van der Waals surface area contributed by atoms with Crippen molar-refractivity contribution < 1.29 is 19.4 Å². The Bertz CT molecular complexity index is 320. The zero-order chi connectivity index (χ0) is 15.0. The second kappa shape index (κ2) is 8.92. The van der Waals surface area contributed by atoms with E-state index >= 15 is 0 Å². The molecule has 1 rings (SSSR count). The summed E-state index contributed by atoms with van der Waals surface area (Å²) in [5, 5.41) is 11.8. The van der Waals surface area contributed by atoms with E-state index in [1.54, 1.807) is 4.90 Å². The zero-order valence-electron chi connectivity index (χ0n) is 12.4. The molecular weight excluding hydrogens is 260 g/mol. The maximum atomic E-state index is 11.7. The molecule has 0 spiro atoms. The number of nitrogens with one attached hydrogen (secondary N) is 1. The largest absolute Gasteiger partial charge is 0.480 e. The molecule has 0 aromatic heterocycles. The van der Waals surface area contributed by atoms with E-state index in [1.165, 1.54) is 0 Å². The van der Waals surface area contributed by atoms with Crippen LogP contribution < -0.4 is 5.32 Å². The molecule has 1 heterocycles. The summed E-state index contributed by atoms with van der Waals surface area (Å²) >= 11 is 0. The molecular formula is C14H26N2O4. The summed E-state index contributed by atoms with van der Waals surface area (Å²) in [6, 6.07) is -0.511. The smallest absolute Gasteiger partial charge is 0.320 e. The molecule has 1 aliphatic heterocycles. The minimum absolute atomic E-state index is 0.134. The van der Waals surface area contributed by atoms with E-state index in [2.05, 4.69) is 19.2 Å². The third-order valence-electron chi connectivity index (χ3n) is 3.40. The summed E-state index contributed by atoms with van der Waals surface area (Å²) in [5.74, 6) is -0.356. The summed E-state index contributed by atoms with van der Waals surface area (Å²) < 4.78 is 5.40. The van der Waals surface area contributed by atoms with Gasteiger partial charge in [0.1, 0.15) is 6.04 Å². The van der Waals surface area contributed by atoms with E-state index in [9.17, 15) is 9.59 Å². The summed E-state index contributed by atoms with van der Waals surface area (Å²) in [6.45, 7) is 6.79. The van der Waals surface area contributed by atoms with Crippen molar-refractivity contribution in [3.05, 3.63) is 0 Å². The molecule has 0 aromatic carbocycles. The standard InChI is InChI=1S/C14H26N2O4/c1-11(2)5-8-20-9-6-15-13(17)10-16-7-3-4-12(16)14(18)19/h11-12H,3-10H2,1-2H3,(H,15,17)(H,18,19). The van der Waals surface area contributed by atoms with Gasteiger partial charge in [-0.05, 0) is 31.7 Å². The highest BCUT2D eigenvalue weighted by molar-refractivity contribution is 5.80. The third kappa shape index (κ3) is 6.34. The van der Waals surface area contributed by atoms with Crippen molar-refractivity contribution in [3.8, 4) is 0 Å². The van der Waals surface area contributed by atoms with Gasteiger partial charge in [0.2, 0.25) is 5.91 Å². The molecule has 1 saturated heterocycles. The van der Waals surface area contributed by atoms with E-state index in [-0.39, 0.29) is 12.5 Å². The molecule has 0 radical (unpaired) electrons. The number of likely N-dealkylation sites (tertiary alicyclic amines) is 1. The molecule has 1 amide bonds. The number of rotatable bonds is 9. The van der Waals surface area contributed by atoms with Crippen LogP contribution in [0.3, 0.4) is 0 Å². The molecule has 6 nitrogen and oxygen atoms in total. The highest BCUT2D eigenvalue weighted by Crippen LogP contribution is 2.16. The van der Waals surface area contributed by atoms with Crippen LogP contribution in [0.5, 0.6) is 0 Å². The summed E-state index contributed by atoms with van der Waals surface area (Å²) in [6.07, 6.45) is 2.48. The number of carboxylic acids is 1. The van der Waals surface area contributed by atoms with Gasteiger partial charge in [-0.2, -0.15) is 0 Å². The van der Waals surface area contributed by atoms with Crippen LogP contribution in [0.4, 0.5) is 0 Å². The van der Waals surface area contributed by atoms with Crippen LogP contribution in [0.1, 0.15) is 33.1 Å². The first-order valence-electron chi connectivity index (χ1n) is 7.32. The highest BCUT2D eigenvalue weighted by Gasteiger charge is 2.31. The van der Waals surface area contributed by atoms with Gasteiger partial charge in [-0.1, -0.05) is 13.8 Å². The lowest BCUT2D eigenvalue weighted by Crippen LogP contribution is -2.43. The summed E-state index contributed by atoms with van der Waals surface area (Å²) in [4.78, 5) is 24.4. The lowest BCUT2D eigenvalue weighted by atomic mass is 10.1. The Labute approximate surface area is 120 Å². The molecule has 0 aromatic rings. The lowest BCUT2D eigenvalue weighted by molar-refractivity contribution is -0.142. The number of hydrogen-bond acceptors (Lipinski definition) is 4. The Morgan fingerprint density at radius 1 is 1.40 bits per heavy atom. The number of aliphatic carboxylic acids is 1. The molecule has 2 N–H and O–H groups in total. The van der Waals surface area contributed by atoms with E-state index < -0.39 is 12.0 Å². The van der Waals surface area contributed by atoms with Crippen molar-refractivity contribution in [1.29, 1.82) is 0 Å². The maximum absolute atomic E-state index is 11.7. The van der Waals surface area contributed by atoms with Crippen LogP contribution in [-0.2, 0) is 14.3 Å². The van der Waals surface area contributed by atoms with Crippen LogP contribution in [0, 0.1) is 5.92 Å². The van der Waals surface area contributed by atoms with Crippen LogP contribution in [0.15, 0.2) is 0 Å². The predicted molar refractivity (Wildman–Crippen MR) is 75.5 cm³/mol. The van der Waals surface area contributed by atoms with E-state index in [4.69, 9.17) is 9.84 Å². The molecule has 116 valence electrons. The molecule has 1 aliphatic rings. The van der Waals surface area contributed by atoms with Crippen molar-refractivity contribution in [1.82, 2.24) is 10.2 Å². The van der Waals surface area contributed by atoms with E-state index in [0.717, 1.165) is 12.8 Å². The van der Waals surface area contributed by atoms with Crippen molar-refractivity contribution in [2.75, 3.05) is 32.8 Å². The lowest BCUT2D eigenvalue weighted by Gasteiger charge is -2.20. The Balaban J connectivity index is 2.10. The van der Waals surface area contributed by atoms with Gasteiger partial charge in [0, 0.05) is 13.2 Å². The number of carbonyl (C=O) groups excluding carboxylic acids is 1. The minimum atomic E-state index is -0.840. The van der Waals surface area contributed by atoms with Crippen LogP contribution in [0.25, 0.3) is 0 Å². The fourth-order valence-corrected chi connectivity index (χ4v) is 2.22. The second-order valence-corrected chi connectivity index (χ2v) is 5.61. The Morgan fingerprint density at radius 3 is 2.80 bits per heavy atom. The van der Waals surface area contributed by atoms with Gasteiger partial charge >= 0.3 is 5.97 Å². The SMILES string of the molecule is CC(C)CCOCCNC(=O)CN1CCCC1C(=O)O. The number of nitrogens with zero attached hydrogens (tertiary/aromatic N) is 1. The van der Waals surface area contributed by atoms with Crippen molar-refractivity contribution in [2.24, 2.45) is 5.92 Å². The van der Waals surface area contributed by atoms with Crippen LogP contribution >= 0.6 is 0 Å². The number of ether oxygens (including phenoxy) is 1. The van der Waals surface area contributed by atoms with E-state index in [0.29, 0.717) is 38.6 Å². The number of carbonyl (C=O) groups is 2. The van der Waals surface area contributed by atoms with Crippen LogP contribution in [-0.4, -0.2) is 60.8 Å². The second-order valence-electron chi connectivity index (χ2n) is 5.61. The number of amides is 1. The Morgan fingerprint density at radius 2 is 2.15 bits per heavy atom. The normalized spacial score (nSPS) is 19.4. The van der Waals surface area contributed by atoms with Gasteiger partial charge in [-0.25, -0.2) is 0 Å². The molecule has 1 atom stereocenters. The van der Waals surface area contributed by atoms with Crippen molar-refractivity contribution in [3.63, 3.8) is 0 Å². The third-order valence-corrected chi connectivity index (χ3v) is 3.40. The Kier molecular flexibility index (Phi) is 7.54. The van der Waals surface area contributed by atoms with Gasteiger partial charge in [-0.3, -0.25) is 14.5 Å². The summed E-state index contributed by atoms with van der Waals surface area (Å²) in [5.41, 5.74) is 0. The average Bonchev–Trinajstić information content (AvgIpc) is 2.81. The number of carboxylic acid groups (broad SMARTS) is 1. The average molecular weight is 286 g/mol. The van der Waals surface area contributed by atoms with E-state index in [1.807, 2.05) is 0 Å². The monoisotopic (exact) mass is 286 g/mol. The Hall–Kier alpha value is -1.14. The van der Waals surface area contributed by atoms with Gasteiger partial charge in [-0.15, -0.1) is 0 Å². The van der Waals surface area contributed by atoms with Gasteiger partial charge in [0.05, 0.1) is 13.2 Å². The van der Waals surface area contributed by atoms with Gasteiger partial charge < -0.3 is 15.2 Å². The van der Waals surface area contributed by atoms with Crippen molar-refractivity contribution in [2.45, 2.75) is 39.2 Å². The molecule has 1 fully saturated rings. The van der Waals surface area contributed by atoms with Gasteiger partial charge in [0.15, 0.2) is 0 Å².